The molecule has 6 heteroatoms. The van der Waals surface area contributed by atoms with Crippen LogP contribution in [-0.2, 0) is 22.6 Å². The summed E-state index contributed by atoms with van der Waals surface area (Å²) in [6.07, 6.45) is 6.68. The van der Waals surface area contributed by atoms with E-state index >= 15 is 0 Å². The number of nitrogens with one attached hydrogen (secondary N) is 1. The van der Waals surface area contributed by atoms with Gasteiger partial charge in [0, 0.05) is 44.4 Å². The minimum atomic E-state index is -0.374. The Morgan fingerprint density at radius 1 is 1.03 bits per heavy atom. The number of nitrogens with zero attached hydrogens (tertiary/aromatic N) is 3. The van der Waals surface area contributed by atoms with Crippen LogP contribution in [0.2, 0.25) is 0 Å². The molecule has 5 rings (SSSR count). The summed E-state index contributed by atoms with van der Waals surface area (Å²) >= 11 is 0. The maximum atomic E-state index is 13.0. The molecule has 0 aliphatic carbocycles. The highest BCUT2D eigenvalue weighted by atomic mass is 16.2. The second kappa shape index (κ2) is 9.74. The average molecular weight is 467 g/mol. The van der Waals surface area contributed by atoms with Gasteiger partial charge in [-0.3, -0.25) is 9.59 Å². The summed E-state index contributed by atoms with van der Waals surface area (Å²) in [5, 5.41) is 9.85. The molecule has 1 N–H and O–H groups in total. The van der Waals surface area contributed by atoms with Crippen molar-refractivity contribution >= 4 is 22.6 Å². The standard InChI is InChI=1S/C29H30N4O2/c1-32(21-22-8-11-26(12-9-22)33-18-4-17-30-33)28(35)14-16-29(15-13-27(34)31-29)20-23-7-10-24-5-2-3-6-25(24)19-23/h2-12,17-19H,13-16,20-21H2,1H3,(H,31,34)/t29-/m0/s1. The van der Waals surface area contributed by atoms with Gasteiger partial charge in [-0.15, -0.1) is 0 Å². The first-order valence-corrected chi connectivity index (χ1v) is 12.1. The van der Waals surface area contributed by atoms with Crippen LogP contribution < -0.4 is 5.32 Å². The fourth-order valence-electron chi connectivity index (χ4n) is 5.00. The Kier molecular flexibility index (Phi) is 6.36. The lowest BCUT2D eigenvalue weighted by Crippen LogP contribution is -2.44. The predicted octanol–water partition coefficient (Wildman–Crippen LogP) is 4.66. The zero-order valence-corrected chi connectivity index (χ0v) is 20.0. The molecule has 178 valence electrons. The Hall–Kier alpha value is -3.93. The Balaban J connectivity index is 1.22. The largest absolute Gasteiger partial charge is 0.350 e. The molecule has 2 amide bonds. The van der Waals surface area contributed by atoms with Gasteiger partial charge in [0.1, 0.15) is 0 Å². The summed E-state index contributed by atoms with van der Waals surface area (Å²) in [6.45, 7) is 0.544. The second-order valence-corrected chi connectivity index (χ2v) is 9.55. The summed E-state index contributed by atoms with van der Waals surface area (Å²) in [6, 6.07) is 24.7. The van der Waals surface area contributed by atoms with Crippen molar-refractivity contribution in [3.8, 4) is 5.69 Å². The molecule has 0 radical (unpaired) electrons. The van der Waals surface area contributed by atoms with E-state index in [1.807, 2.05) is 60.4 Å². The summed E-state index contributed by atoms with van der Waals surface area (Å²) in [5.41, 5.74) is 2.86. The third kappa shape index (κ3) is 5.27. The van der Waals surface area contributed by atoms with Crippen molar-refractivity contribution in [2.45, 2.75) is 44.2 Å². The van der Waals surface area contributed by atoms with Crippen LogP contribution in [0.3, 0.4) is 0 Å². The third-order valence-corrected chi connectivity index (χ3v) is 6.96. The van der Waals surface area contributed by atoms with E-state index in [0.717, 1.165) is 24.1 Å². The quantitative estimate of drug-likeness (QED) is 0.411. The number of rotatable bonds is 8. The maximum Gasteiger partial charge on any atom is 0.222 e. The van der Waals surface area contributed by atoms with E-state index in [0.29, 0.717) is 25.8 Å². The molecule has 0 spiro atoms. The predicted molar refractivity (Wildman–Crippen MR) is 137 cm³/mol. The van der Waals surface area contributed by atoms with Gasteiger partial charge < -0.3 is 10.2 Å². The van der Waals surface area contributed by atoms with Gasteiger partial charge in [-0.2, -0.15) is 5.10 Å². The first-order valence-electron chi connectivity index (χ1n) is 12.1. The number of hydrogen-bond acceptors (Lipinski definition) is 3. The number of hydrogen-bond donors (Lipinski definition) is 1. The SMILES string of the molecule is CN(Cc1ccc(-n2cccn2)cc1)C(=O)CC[C@]1(Cc2ccc3ccccc3c2)CCC(=O)N1. The minimum Gasteiger partial charge on any atom is -0.350 e. The molecule has 0 unspecified atom stereocenters. The molecule has 3 aromatic carbocycles. The minimum absolute atomic E-state index is 0.0730. The second-order valence-electron chi connectivity index (χ2n) is 9.55. The Morgan fingerprint density at radius 2 is 1.80 bits per heavy atom. The van der Waals surface area contributed by atoms with Crippen molar-refractivity contribution in [1.82, 2.24) is 20.0 Å². The van der Waals surface area contributed by atoms with E-state index in [1.165, 1.54) is 16.3 Å². The molecule has 1 saturated heterocycles. The van der Waals surface area contributed by atoms with Crippen LogP contribution in [0, 0.1) is 0 Å². The number of fused-ring (bicyclic) bond motifs is 1. The first-order chi connectivity index (χ1) is 17.0. The van der Waals surface area contributed by atoms with Crippen LogP contribution in [0.1, 0.15) is 36.8 Å². The molecule has 1 aliphatic rings. The van der Waals surface area contributed by atoms with E-state index in [2.05, 4.69) is 40.7 Å². The number of benzene rings is 3. The van der Waals surface area contributed by atoms with Crippen LogP contribution in [0.4, 0.5) is 0 Å². The third-order valence-electron chi connectivity index (χ3n) is 6.96. The molecule has 1 aromatic heterocycles. The number of carbonyl (C=O) groups excluding carboxylic acids is 2. The lowest BCUT2D eigenvalue weighted by Gasteiger charge is -2.30. The Bertz CT molecular complexity index is 1330. The molecular weight excluding hydrogens is 436 g/mol. The fourth-order valence-corrected chi connectivity index (χ4v) is 5.00. The van der Waals surface area contributed by atoms with Crippen molar-refractivity contribution in [1.29, 1.82) is 0 Å². The molecule has 1 aliphatic heterocycles. The Morgan fingerprint density at radius 3 is 2.51 bits per heavy atom. The van der Waals surface area contributed by atoms with Crippen LogP contribution in [0.5, 0.6) is 0 Å². The molecule has 1 fully saturated rings. The molecule has 0 saturated carbocycles. The van der Waals surface area contributed by atoms with Crippen LogP contribution in [0.15, 0.2) is 85.2 Å². The number of amides is 2. The van der Waals surface area contributed by atoms with E-state index < -0.39 is 0 Å². The maximum absolute atomic E-state index is 13.0. The first kappa shape index (κ1) is 22.8. The lowest BCUT2D eigenvalue weighted by molar-refractivity contribution is -0.131. The monoisotopic (exact) mass is 466 g/mol. The highest BCUT2D eigenvalue weighted by Crippen LogP contribution is 2.31. The summed E-state index contributed by atoms with van der Waals surface area (Å²) in [4.78, 5) is 27.0. The van der Waals surface area contributed by atoms with Gasteiger partial charge in [0.25, 0.3) is 0 Å². The molecule has 4 aromatic rings. The average Bonchev–Trinajstić information content (AvgIpc) is 3.53. The summed E-state index contributed by atoms with van der Waals surface area (Å²) in [7, 11) is 1.84. The van der Waals surface area contributed by atoms with Gasteiger partial charge in [-0.25, -0.2) is 4.68 Å². The number of aromatic nitrogens is 2. The highest BCUT2D eigenvalue weighted by molar-refractivity contribution is 5.83. The molecule has 1 atom stereocenters. The van der Waals surface area contributed by atoms with Crippen molar-refractivity contribution in [2.24, 2.45) is 0 Å². The van der Waals surface area contributed by atoms with E-state index in [-0.39, 0.29) is 17.4 Å². The van der Waals surface area contributed by atoms with Crippen molar-refractivity contribution < 1.29 is 9.59 Å². The van der Waals surface area contributed by atoms with Crippen LogP contribution in [0.25, 0.3) is 16.5 Å². The van der Waals surface area contributed by atoms with Crippen LogP contribution in [-0.4, -0.2) is 39.1 Å². The fraction of sp³-hybridized carbons (Fsp3) is 0.276. The number of carbonyl (C=O) groups is 2. The van der Waals surface area contributed by atoms with Crippen molar-refractivity contribution in [3.05, 3.63) is 96.3 Å². The smallest absolute Gasteiger partial charge is 0.222 e. The van der Waals surface area contributed by atoms with Gasteiger partial charge in [-0.1, -0.05) is 54.6 Å². The zero-order valence-electron chi connectivity index (χ0n) is 20.0. The summed E-state index contributed by atoms with van der Waals surface area (Å²) in [5.74, 6) is 0.157. The van der Waals surface area contributed by atoms with Gasteiger partial charge in [0.05, 0.1) is 5.69 Å². The van der Waals surface area contributed by atoms with Crippen molar-refractivity contribution in [2.75, 3.05) is 7.05 Å². The molecule has 6 nitrogen and oxygen atoms in total. The Labute approximate surface area is 205 Å². The van der Waals surface area contributed by atoms with Gasteiger partial charge in [-0.05, 0) is 59.4 Å². The lowest BCUT2D eigenvalue weighted by atomic mass is 9.84. The van der Waals surface area contributed by atoms with Crippen molar-refractivity contribution in [3.63, 3.8) is 0 Å². The normalized spacial score (nSPS) is 17.5. The summed E-state index contributed by atoms with van der Waals surface area (Å²) < 4.78 is 1.81. The van der Waals surface area contributed by atoms with Gasteiger partial charge in [0.2, 0.25) is 11.8 Å². The van der Waals surface area contributed by atoms with Crippen LogP contribution >= 0.6 is 0 Å². The molecule has 35 heavy (non-hydrogen) atoms. The molecule has 0 bridgehead atoms. The van der Waals surface area contributed by atoms with Gasteiger partial charge in [0.15, 0.2) is 0 Å². The van der Waals surface area contributed by atoms with E-state index in [4.69, 9.17) is 0 Å². The molecule has 2 heterocycles. The zero-order chi connectivity index (χ0) is 24.3. The van der Waals surface area contributed by atoms with Gasteiger partial charge >= 0.3 is 0 Å². The van der Waals surface area contributed by atoms with E-state index in [9.17, 15) is 9.59 Å². The molecular formula is C29H30N4O2. The topological polar surface area (TPSA) is 67.2 Å². The highest BCUT2D eigenvalue weighted by Gasteiger charge is 2.38. The van der Waals surface area contributed by atoms with E-state index in [1.54, 1.807) is 11.1 Å².